The van der Waals surface area contributed by atoms with Gasteiger partial charge in [-0.1, -0.05) is 6.92 Å². The molecule has 8 heteroatoms. The lowest BCUT2D eigenvalue weighted by Crippen LogP contribution is -2.20. The van der Waals surface area contributed by atoms with E-state index in [0.717, 1.165) is 12.7 Å². The molecule has 1 atom stereocenters. The Morgan fingerprint density at radius 2 is 1.60 bits per heavy atom. The summed E-state index contributed by atoms with van der Waals surface area (Å²) in [4.78, 5) is 0. The maximum Gasteiger partial charge on any atom is 0.264 e. The van der Waals surface area contributed by atoms with Crippen LogP contribution in [-0.4, -0.2) is 54.4 Å². The molecule has 20 heavy (non-hydrogen) atoms. The molecule has 0 N–H and O–H groups in total. The van der Waals surface area contributed by atoms with Crippen LogP contribution >= 0.6 is 0 Å². The van der Waals surface area contributed by atoms with Gasteiger partial charge in [0.05, 0.1) is 12.4 Å². The Labute approximate surface area is 122 Å². The summed E-state index contributed by atoms with van der Waals surface area (Å²) in [6, 6.07) is 0. The van der Waals surface area contributed by atoms with Gasteiger partial charge in [-0.2, -0.15) is 8.42 Å². The van der Waals surface area contributed by atoms with Crippen molar-refractivity contribution >= 4 is 20.0 Å². The van der Waals surface area contributed by atoms with E-state index < -0.39 is 26.1 Å². The molecule has 0 aromatic carbocycles. The van der Waals surface area contributed by atoms with Gasteiger partial charge < -0.3 is 4.74 Å². The summed E-state index contributed by atoms with van der Waals surface area (Å²) in [7, 11) is -6.47. The lowest BCUT2D eigenvalue weighted by atomic mass is 10.1. The Kier molecular flexibility index (Phi) is 9.61. The van der Waals surface area contributed by atoms with Crippen molar-refractivity contribution in [3.05, 3.63) is 0 Å². The number of ether oxygens (including phenoxy) is 1. The van der Waals surface area contributed by atoms with Gasteiger partial charge in [0, 0.05) is 25.2 Å². The summed E-state index contributed by atoms with van der Waals surface area (Å²) in [5, 5.41) is 0. The van der Waals surface area contributed by atoms with Gasteiger partial charge in [0.2, 0.25) is 0 Å². The van der Waals surface area contributed by atoms with Crippen molar-refractivity contribution in [3.8, 4) is 0 Å². The quantitative estimate of drug-likeness (QED) is 0.397. The minimum atomic E-state index is -3.51. The van der Waals surface area contributed by atoms with E-state index in [1.165, 1.54) is 6.26 Å². The maximum atomic E-state index is 11.2. The average molecular weight is 330 g/mol. The Balaban J connectivity index is 4.11. The molecule has 0 amide bonds. The Bertz CT molecular complexity index is 441. The van der Waals surface area contributed by atoms with Crippen molar-refractivity contribution in [3.63, 3.8) is 0 Å². The normalized spacial score (nSPS) is 14.3. The second-order valence-electron chi connectivity index (χ2n) is 4.95. The van der Waals surface area contributed by atoms with Gasteiger partial charge in [-0.15, -0.1) is 0 Å². The topological polar surface area (TPSA) is 86.7 Å². The summed E-state index contributed by atoms with van der Waals surface area (Å²) in [5.41, 5.74) is 0. The zero-order chi connectivity index (χ0) is 15.6. The van der Waals surface area contributed by atoms with Gasteiger partial charge in [0.15, 0.2) is 0 Å². The highest BCUT2D eigenvalue weighted by atomic mass is 32.2. The van der Waals surface area contributed by atoms with Gasteiger partial charge in [0.25, 0.3) is 10.1 Å². The largest absolute Gasteiger partial charge is 0.381 e. The van der Waals surface area contributed by atoms with E-state index in [2.05, 4.69) is 0 Å². The molecular weight excluding hydrogens is 304 g/mol. The van der Waals surface area contributed by atoms with Crippen LogP contribution in [0.4, 0.5) is 0 Å². The van der Waals surface area contributed by atoms with Gasteiger partial charge in [-0.25, -0.2) is 8.42 Å². The predicted octanol–water partition coefficient (Wildman–Crippen LogP) is 1.36. The molecule has 0 fully saturated rings. The molecule has 0 saturated carbocycles. The monoisotopic (exact) mass is 330 g/mol. The zero-order valence-electron chi connectivity index (χ0n) is 12.5. The van der Waals surface area contributed by atoms with E-state index in [4.69, 9.17) is 8.92 Å². The molecule has 0 aliphatic carbocycles. The second kappa shape index (κ2) is 9.70. The molecule has 0 aromatic rings. The molecule has 0 saturated heterocycles. The molecular formula is C12H26O6S2. The van der Waals surface area contributed by atoms with Gasteiger partial charge in [0.1, 0.15) is 9.84 Å². The minimum absolute atomic E-state index is 0.116. The van der Waals surface area contributed by atoms with Crippen LogP contribution in [0.3, 0.4) is 0 Å². The molecule has 0 aliphatic rings. The van der Waals surface area contributed by atoms with Crippen molar-refractivity contribution in [1.29, 1.82) is 0 Å². The van der Waals surface area contributed by atoms with E-state index in [0.29, 0.717) is 38.9 Å². The second-order valence-corrected chi connectivity index (χ2v) is 8.81. The number of sulfone groups is 1. The smallest absolute Gasteiger partial charge is 0.264 e. The lowest BCUT2D eigenvalue weighted by molar-refractivity contribution is 0.0913. The van der Waals surface area contributed by atoms with Crippen molar-refractivity contribution in [2.24, 2.45) is 0 Å². The van der Waals surface area contributed by atoms with Crippen LogP contribution in [0.25, 0.3) is 0 Å². The van der Waals surface area contributed by atoms with E-state index in [1.807, 2.05) is 6.92 Å². The number of rotatable bonds is 12. The standard InChI is InChI=1S/C12H26O6S2/c1-4-9-17-10-8-12(18-20(3,15)16)7-5-6-11-19(2,13)14/h12H,4-11H2,1-3H3. The van der Waals surface area contributed by atoms with Gasteiger partial charge >= 0.3 is 0 Å². The zero-order valence-corrected chi connectivity index (χ0v) is 14.1. The molecule has 122 valence electrons. The van der Waals surface area contributed by atoms with E-state index in [-0.39, 0.29) is 5.75 Å². The highest BCUT2D eigenvalue weighted by Gasteiger charge is 2.15. The molecule has 6 nitrogen and oxygen atoms in total. The summed E-state index contributed by atoms with van der Waals surface area (Å²) in [6.07, 6.45) is 4.80. The Hall–Kier alpha value is -0.180. The molecule has 0 rings (SSSR count). The van der Waals surface area contributed by atoms with Crippen LogP contribution < -0.4 is 0 Å². The van der Waals surface area contributed by atoms with Gasteiger partial charge in [-0.3, -0.25) is 4.18 Å². The van der Waals surface area contributed by atoms with Crippen molar-refractivity contribution in [1.82, 2.24) is 0 Å². The summed E-state index contributed by atoms with van der Waals surface area (Å²) in [5.74, 6) is 0.116. The highest BCUT2D eigenvalue weighted by Crippen LogP contribution is 2.12. The Morgan fingerprint density at radius 3 is 2.10 bits per heavy atom. The fourth-order valence-electron chi connectivity index (χ4n) is 1.69. The molecule has 0 radical (unpaired) electrons. The molecule has 0 aromatic heterocycles. The van der Waals surface area contributed by atoms with Crippen LogP contribution in [0.2, 0.25) is 0 Å². The SMILES string of the molecule is CCCOCCC(CCCCS(C)(=O)=O)OS(C)(=O)=O. The molecule has 1 unspecified atom stereocenters. The molecule has 0 spiro atoms. The molecule has 0 bridgehead atoms. The van der Waals surface area contributed by atoms with Crippen molar-refractivity contribution in [2.45, 2.75) is 45.1 Å². The minimum Gasteiger partial charge on any atom is -0.381 e. The highest BCUT2D eigenvalue weighted by molar-refractivity contribution is 7.90. The first-order valence-electron chi connectivity index (χ1n) is 6.78. The fourth-order valence-corrected chi connectivity index (χ4v) is 3.10. The first-order valence-corrected chi connectivity index (χ1v) is 10.7. The van der Waals surface area contributed by atoms with Crippen LogP contribution in [0.15, 0.2) is 0 Å². The number of hydrogen-bond acceptors (Lipinski definition) is 6. The third-order valence-corrected chi connectivity index (χ3v) is 4.19. The van der Waals surface area contributed by atoms with E-state index in [9.17, 15) is 16.8 Å². The van der Waals surface area contributed by atoms with Crippen LogP contribution in [-0.2, 0) is 28.9 Å². The van der Waals surface area contributed by atoms with E-state index in [1.54, 1.807) is 0 Å². The number of unbranched alkanes of at least 4 members (excludes halogenated alkanes) is 1. The van der Waals surface area contributed by atoms with Crippen molar-refractivity contribution < 1.29 is 25.8 Å². The molecule has 0 heterocycles. The summed E-state index contributed by atoms with van der Waals surface area (Å²) in [6.45, 7) is 3.08. The maximum absolute atomic E-state index is 11.2. The fraction of sp³-hybridized carbons (Fsp3) is 1.00. The predicted molar refractivity (Wildman–Crippen MR) is 79.0 cm³/mol. The van der Waals surface area contributed by atoms with Crippen LogP contribution in [0.1, 0.15) is 39.0 Å². The first kappa shape index (κ1) is 19.8. The van der Waals surface area contributed by atoms with Crippen molar-refractivity contribution in [2.75, 3.05) is 31.5 Å². The number of hydrogen-bond donors (Lipinski definition) is 0. The third-order valence-electron chi connectivity index (χ3n) is 2.53. The van der Waals surface area contributed by atoms with Gasteiger partial charge in [-0.05, 0) is 32.1 Å². The third kappa shape index (κ3) is 14.2. The molecule has 0 aliphatic heterocycles. The lowest BCUT2D eigenvalue weighted by Gasteiger charge is -2.16. The average Bonchev–Trinajstić information content (AvgIpc) is 2.26. The Morgan fingerprint density at radius 1 is 0.950 bits per heavy atom. The summed E-state index contributed by atoms with van der Waals surface area (Å²) >= 11 is 0. The summed E-state index contributed by atoms with van der Waals surface area (Å²) < 4.78 is 54.6. The first-order chi connectivity index (χ1) is 9.14. The van der Waals surface area contributed by atoms with E-state index >= 15 is 0 Å². The van der Waals surface area contributed by atoms with Crippen LogP contribution in [0.5, 0.6) is 0 Å². The van der Waals surface area contributed by atoms with Crippen LogP contribution in [0, 0.1) is 0 Å².